The minimum Gasteiger partial charge on any atom is -0.462 e. The molecule has 1 amide bonds. The lowest BCUT2D eigenvalue weighted by molar-refractivity contribution is -0.150. The molecule has 1 aliphatic carbocycles. The molecule has 18 heavy (non-hydrogen) atoms. The first-order valence-electron chi connectivity index (χ1n) is 6.87. The van der Waals surface area contributed by atoms with Gasteiger partial charge in [-0.25, -0.2) is 0 Å². The van der Waals surface area contributed by atoms with Crippen molar-refractivity contribution in [2.45, 2.75) is 65.4 Å². The normalized spacial score (nSPS) is 17.3. The summed E-state index contributed by atoms with van der Waals surface area (Å²) in [6.07, 6.45) is 5.88. The third kappa shape index (κ3) is 5.52. The Balaban J connectivity index is 2.15. The fourth-order valence-electron chi connectivity index (χ4n) is 1.97. The fourth-order valence-corrected chi connectivity index (χ4v) is 1.97. The van der Waals surface area contributed by atoms with E-state index in [1.54, 1.807) is 0 Å². The van der Waals surface area contributed by atoms with Crippen molar-refractivity contribution in [3.63, 3.8) is 0 Å². The second-order valence-electron chi connectivity index (χ2n) is 6.01. The maximum absolute atomic E-state index is 11.6. The van der Waals surface area contributed by atoms with Crippen LogP contribution in [0.3, 0.4) is 0 Å². The third-order valence-corrected chi connectivity index (χ3v) is 3.15. The lowest BCUT2D eigenvalue weighted by Gasteiger charge is -2.22. The van der Waals surface area contributed by atoms with Gasteiger partial charge in [0.15, 0.2) is 0 Å². The average molecular weight is 255 g/mol. The summed E-state index contributed by atoms with van der Waals surface area (Å²) < 4.78 is 5.37. The highest BCUT2D eigenvalue weighted by Crippen LogP contribution is 2.20. The van der Waals surface area contributed by atoms with Crippen LogP contribution in [0.4, 0.5) is 0 Å². The molecule has 4 heteroatoms. The van der Waals surface area contributed by atoms with E-state index in [0.717, 1.165) is 25.7 Å². The molecule has 1 aliphatic rings. The van der Waals surface area contributed by atoms with Gasteiger partial charge in [0.2, 0.25) is 5.91 Å². The molecule has 0 heterocycles. The molecule has 0 bridgehead atoms. The molecule has 1 N–H and O–H groups in total. The van der Waals surface area contributed by atoms with Crippen molar-refractivity contribution in [2.24, 2.45) is 5.41 Å². The number of ether oxygens (including phenoxy) is 1. The molecule has 0 aromatic heterocycles. The second-order valence-corrected chi connectivity index (χ2v) is 6.01. The quantitative estimate of drug-likeness (QED) is 0.785. The smallest absolute Gasteiger partial charge is 0.307 e. The highest BCUT2D eigenvalue weighted by atomic mass is 16.5. The number of nitrogens with one attached hydrogen (secondary N) is 1. The number of amides is 1. The Morgan fingerprint density at radius 1 is 1.17 bits per heavy atom. The summed E-state index contributed by atoms with van der Waals surface area (Å²) in [5.41, 5.74) is -0.409. The molecule has 0 unspecified atom stereocenters. The monoisotopic (exact) mass is 255 g/mol. The van der Waals surface area contributed by atoms with E-state index in [4.69, 9.17) is 4.74 Å². The standard InChI is InChI=1S/C14H25NO3/c1-14(2,3)13(17)15-10-9-12(16)18-11-7-5-4-6-8-11/h11H,4-10H2,1-3H3,(H,15,17). The summed E-state index contributed by atoms with van der Waals surface area (Å²) >= 11 is 0. The summed E-state index contributed by atoms with van der Waals surface area (Å²) in [7, 11) is 0. The molecule has 0 aliphatic heterocycles. The van der Waals surface area contributed by atoms with E-state index in [0.29, 0.717) is 6.54 Å². The van der Waals surface area contributed by atoms with Crippen LogP contribution in [0, 0.1) is 5.41 Å². The van der Waals surface area contributed by atoms with E-state index < -0.39 is 5.41 Å². The maximum atomic E-state index is 11.6. The Labute approximate surface area is 109 Å². The van der Waals surface area contributed by atoms with Gasteiger partial charge in [-0.1, -0.05) is 27.2 Å². The zero-order chi connectivity index (χ0) is 13.6. The number of esters is 1. The Bertz CT molecular complexity index is 288. The van der Waals surface area contributed by atoms with Crippen LogP contribution >= 0.6 is 0 Å². The number of rotatable bonds is 4. The van der Waals surface area contributed by atoms with Gasteiger partial charge in [0.05, 0.1) is 6.42 Å². The highest BCUT2D eigenvalue weighted by molar-refractivity contribution is 5.81. The molecular formula is C14H25NO3. The lowest BCUT2D eigenvalue weighted by atomic mass is 9.96. The van der Waals surface area contributed by atoms with Gasteiger partial charge in [0.1, 0.15) is 6.10 Å². The first kappa shape index (κ1) is 15.0. The van der Waals surface area contributed by atoms with E-state index >= 15 is 0 Å². The number of carbonyl (C=O) groups is 2. The Kier molecular flexibility index (Phi) is 5.63. The molecule has 4 nitrogen and oxygen atoms in total. The van der Waals surface area contributed by atoms with Gasteiger partial charge in [-0.3, -0.25) is 9.59 Å². The Hall–Kier alpha value is -1.06. The van der Waals surface area contributed by atoms with Crippen LogP contribution < -0.4 is 5.32 Å². The van der Waals surface area contributed by atoms with Gasteiger partial charge in [0, 0.05) is 12.0 Å². The molecule has 1 rings (SSSR count). The Morgan fingerprint density at radius 3 is 2.33 bits per heavy atom. The van der Waals surface area contributed by atoms with Gasteiger partial charge in [-0.05, 0) is 25.7 Å². The van der Waals surface area contributed by atoms with Crippen molar-refractivity contribution in [3.8, 4) is 0 Å². The van der Waals surface area contributed by atoms with Gasteiger partial charge in [-0.15, -0.1) is 0 Å². The molecule has 104 valence electrons. The van der Waals surface area contributed by atoms with Gasteiger partial charge < -0.3 is 10.1 Å². The molecule has 0 saturated heterocycles. The zero-order valence-corrected chi connectivity index (χ0v) is 11.8. The lowest BCUT2D eigenvalue weighted by Crippen LogP contribution is -2.36. The third-order valence-electron chi connectivity index (χ3n) is 3.15. The van der Waals surface area contributed by atoms with Crippen LogP contribution in [0.25, 0.3) is 0 Å². The van der Waals surface area contributed by atoms with Crippen LogP contribution in [0.1, 0.15) is 59.3 Å². The highest BCUT2D eigenvalue weighted by Gasteiger charge is 2.21. The van der Waals surface area contributed by atoms with Crippen LogP contribution in [0.2, 0.25) is 0 Å². The van der Waals surface area contributed by atoms with Crippen molar-refractivity contribution in [1.29, 1.82) is 0 Å². The second kappa shape index (κ2) is 6.76. The zero-order valence-electron chi connectivity index (χ0n) is 11.8. The molecule has 0 aromatic rings. The fraction of sp³-hybridized carbons (Fsp3) is 0.857. The van der Waals surface area contributed by atoms with Gasteiger partial charge in [0.25, 0.3) is 0 Å². The molecule has 1 fully saturated rings. The molecule has 0 radical (unpaired) electrons. The van der Waals surface area contributed by atoms with Crippen molar-refractivity contribution in [1.82, 2.24) is 5.32 Å². The summed E-state index contributed by atoms with van der Waals surface area (Å²) in [5.74, 6) is -0.232. The summed E-state index contributed by atoms with van der Waals surface area (Å²) in [6, 6.07) is 0. The number of hydrogen-bond donors (Lipinski definition) is 1. The summed E-state index contributed by atoms with van der Waals surface area (Å²) in [6.45, 7) is 5.91. The van der Waals surface area contributed by atoms with Crippen LogP contribution in [-0.2, 0) is 14.3 Å². The van der Waals surface area contributed by atoms with Crippen molar-refractivity contribution < 1.29 is 14.3 Å². The van der Waals surface area contributed by atoms with Crippen LogP contribution in [-0.4, -0.2) is 24.5 Å². The van der Waals surface area contributed by atoms with Crippen molar-refractivity contribution >= 4 is 11.9 Å². The largest absolute Gasteiger partial charge is 0.462 e. The predicted molar refractivity (Wildman–Crippen MR) is 70.0 cm³/mol. The number of hydrogen-bond acceptors (Lipinski definition) is 3. The summed E-state index contributed by atoms with van der Waals surface area (Å²) in [5, 5.41) is 2.75. The van der Waals surface area contributed by atoms with Gasteiger partial charge >= 0.3 is 5.97 Å². The first-order valence-corrected chi connectivity index (χ1v) is 6.87. The maximum Gasteiger partial charge on any atom is 0.307 e. The van der Waals surface area contributed by atoms with E-state index in [1.165, 1.54) is 6.42 Å². The van der Waals surface area contributed by atoms with E-state index in [9.17, 15) is 9.59 Å². The molecular weight excluding hydrogens is 230 g/mol. The van der Waals surface area contributed by atoms with Gasteiger partial charge in [-0.2, -0.15) is 0 Å². The average Bonchev–Trinajstić information content (AvgIpc) is 2.28. The molecule has 1 saturated carbocycles. The minimum atomic E-state index is -0.409. The van der Waals surface area contributed by atoms with Crippen LogP contribution in [0.5, 0.6) is 0 Å². The van der Waals surface area contributed by atoms with Crippen LogP contribution in [0.15, 0.2) is 0 Å². The predicted octanol–water partition coefficient (Wildman–Crippen LogP) is 2.41. The topological polar surface area (TPSA) is 55.4 Å². The molecule has 0 aromatic carbocycles. The van der Waals surface area contributed by atoms with Crippen molar-refractivity contribution in [2.75, 3.05) is 6.54 Å². The van der Waals surface area contributed by atoms with E-state index in [-0.39, 0.29) is 24.4 Å². The molecule has 0 spiro atoms. The minimum absolute atomic E-state index is 0.0343. The number of carbonyl (C=O) groups excluding carboxylic acids is 2. The van der Waals surface area contributed by atoms with E-state index in [2.05, 4.69) is 5.32 Å². The van der Waals surface area contributed by atoms with E-state index in [1.807, 2.05) is 20.8 Å². The SMILES string of the molecule is CC(C)(C)C(=O)NCCC(=O)OC1CCCCC1. The Morgan fingerprint density at radius 2 is 1.78 bits per heavy atom. The summed E-state index contributed by atoms with van der Waals surface area (Å²) in [4.78, 5) is 23.1. The molecule has 0 atom stereocenters. The van der Waals surface area contributed by atoms with Crippen molar-refractivity contribution in [3.05, 3.63) is 0 Å². The first-order chi connectivity index (χ1) is 8.39.